The summed E-state index contributed by atoms with van der Waals surface area (Å²) in [6.07, 6.45) is 1.68. The number of carboxylic acids is 1. The lowest BCUT2D eigenvalue weighted by atomic mass is 10.2. The van der Waals surface area contributed by atoms with Crippen molar-refractivity contribution in [2.45, 2.75) is 0 Å². The lowest BCUT2D eigenvalue weighted by Crippen LogP contribution is -1.92. The van der Waals surface area contributed by atoms with E-state index >= 15 is 0 Å². The van der Waals surface area contributed by atoms with E-state index in [1.165, 1.54) is 0 Å². The van der Waals surface area contributed by atoms with Gasteiger partial charge in [0.05, 0.1) is 11.0 Å². The van der Waals surface area contributed by atoms with E-state index < -0.39 is 11.7 Å². The Morgan fingerprint density at radius 2 is 2.05 bits per heavy atom. The number of H-pyrrole nitrogens is 1. The molecule has 6 nitrogen and oxygen atoms in total. The molecule has 0 radical (unpaired) electrons. The third-order valence-corrected chi connectivity index (χ3v) is 2.38. The number of allylic oxidation sites excluding steroid dienone is 2. The van der Waals surface area contributed by atoms with Crippen molar-refractivity contribution in [1.82, 2.24) is 9.97 Å². The predicted octanol–water partition coefficient (Wildman–Crippen LogP) is 2.00. The molecule has 0 saturated heterocycles. The molecule has 6 heteroatoms. The number of nitriles is 1. The van der Waals surface area contributed by atoms with Gasteiger partial charge in [0.2, 0.25) is 0 Å². The maximum Gasteiger partial charge on any atom is 0.328 e. The summed E-state index contributed by atoms with van der Waals surface area (Å²) < 4.78 is 0. The highest BCUT2D eigenvalue weighted by Gasteiger charge is 2.11. The Morgan fingerprint density at radius 1 is 1.32 bits per heavy atom. The molecule has 0 fully saturated rings. The van der Waals surface area contributed by atoms with Crippen LogP contribution in [0.1, 0.15) is 5.82 Å². The molecular formula is C13H9N3O3. The molecule has 0 amide bonds. The minimum Gasteiger partial charge on any atom is -0.506 e. The van der Waals surface area contributed by atoms with Crippen LogP contribution in [0.2, 0.25) is 0 Å². The van der Waals surface area contributed by atoms with Crippen LogP contribution in [0.4, 0.5) is 0 Å². The number of aliphatic hydroxyl groups excluding tert-OH is 1. The Kier molecular flexibility index (Phi) is 3.30. The van der Waals surface area contributed by atoms with Gasteiger partial charge in [-0.05, 0) is 18.2 Å². The minimum absolute atomic E-state index is 0.117. The number of fused-ring (bicyclic) bond motifs is 1. The summed E-state index contributed by atoms with van der Waals surface area (Å²) in [5, 5.41) is 27.2. The van der Waals surface area contributed by atoms with Gasteiger partial charge in [0, 0.05) is 6.08 Å². The molecule has 0 unspecified atom stereocenters. The van der Waals surface area contributed by atoms with Crippen molar-refractivity contribution >= 4 is 22.6 Å². The van der Waals surface area contributed by atoms with E-state index in [1.54, 1.807) is 24.3 Å². The summed E-state index contributed by atoms with van der Waals surface area (Å²) in [5.74, 6) is -1.48. The summed E-state index contributed by atoms with van der Waals surface area (Å²) in [5.41, 5.74) is 1.26. The zero-order valence-corrected chi connectivity index (χ0v) is 9.66. The van der Waals surface area contributed by atoms with E-state index in [0.29, 0.717) is 5.52 Å². The van der Waals surface area contributed by atoms with E-state index in [4.69, 9.17) is 10.4 Å². The normalized spacial score (nSPS) is 12.4. The van der Waals surface area contributed by atoms with Gasteiger partial charge < -0.3 is 15.2 Å². The van der Waals surface area contributed by atoms with Crippen molar-refractivity contribution in [2.24, 2.45) is 0 Å². The number of rotatable bonds is 3. The number of aromatic amines is 1. The number of aliphatic hydroxyl groups is 1. The largest absolute Gasteiger partial charge is 0.506 e. The van der Waals surface area contributed by atoms with Crippen LogP contribution < -0.4 is 0 Å². The number of carbonyl (C=O) groups is 1. The SMILES string of the molecule is N#C/C(=C(O)\C=C\C(=O)O)c1nc2ccccc2[nH]1. The number of hydrogen-bond acceptors (Lipinski definition) is 4. The number of nitrogens with one attached hydrogen (secondary N) is 1. The summed E-state index contributed by atoms with van der Waals surface area (Å²) in [6, 6.07) is 8.94. The highest BCUT2D eigenvalue weighted by molar-refractivity contribution is 5.85. The fourth-order valence-electron chi connectivity index (χ4n) is 1.54. The zero-order chi connectivity index (χ0) is 13.8. The Balaban J connectivity index is 2.50. The summed E-state index contributed by atoms with van der Waals surface area (Å²) >= 11 is 0. The molecule has 2 aromatic rings. The Bertz CT molecular complexity index is 702. The standard InChI is InChI=1S/C13H9N3O3/c14-7-8(11(17)5-6-12(18)19)13-15-9-3-1-2-4-10(9)16-13/h1-6,17H,(H,15,16)(H,18,19)/b6-5+,11-8-. The first-order valence-corrected chi connectivity index (χ1v) is 5.31. The number of aliphatic carboxylic acids is 1. The monoisotopic (exact) mass is 255 g/mol. The minimum atomic E-state index is -1.21. The summed E-state index contributed by atoms with van der Waals surface area (Å²) in [4.78, 5) is 17.4. The molecule has 2 rings (SSSR count). The molecule has 0 aliphatic carbocycles. The highest BCUT2D eigenvalue weighted by Crippen LogP contribution is 2.18. The van der Waals surface area contributed by atoms with Gasteiger partial charge >= 0.3 is 5.97 Å². The van der Waals surface area contributed by atoms with E-state index in [9.17, 15) is 9.90 Å². The second kappa shape index (κ2) is 5.06. The number of benzene rings is 1. The fraction of sp³-hybridized carbons (Fsp3) is 0. The van der Waals surface area contributed by atoms with Gasteiger partial charge in [-0.25, -0.2) is 9.78 Å². The number of nitrogens with zero attached hydrogens (tertiary/aromatic N) is 2. The van der Waals surface area contributed by atoms with Crippen LogP contribution in [0, 0.1) is 11.3 Å². The number of para-hydroxylation sites is 2. The second-order valence-corrected chi connectivity index (χ2v) is 3.65. The van der Waals surface area contributed by atoms with Crippen LogP contribution >= 0.6 is 0 Å². The van der Waals surface area contributed by atoms with Crippen LogP contribution in [0.15, 0.2) is 42.2 Å². The molecule has 1 aromatic heterocycles. The zero-order valence-electron chi connectivity index (χ0n) is 9.66. The third kappa shape index (κ3) is 2.61. The van der Waals surface area contributed by atoms with Gasteiger partial charge in [-0.1, -0.05) is 12.1 Å². The quantitative estimate of drug-likeness (QED) is 0.336. The average Bonchev–Trinajstić information content (AvgIpc) is 2.80. The summed E-state index contributed by atoms with van der Waals surface area (Å²) in [6.45, 7) is 0. The molecule has 19 heavy (non-hydrogen) atoms. The van der Waals surface area contributed by atoms with Gasteiger partial charge in [0.25, 0.3) is 0 Å². The molecule has 0 saturated carbocycles. The number of carboxylic acid groups (broad SMARTS) is 1. The van der Waals surface area contributed by atoms with Crippen LogP contribution in [0.5, 0.6) is 0 Å². The second-order valence-electron chi connectivity index (χ2n) is 3.65. The molecule has 0 aliphatic rings. The molecule has 0 bridgehead atoms. The Morgan fingerprint density at radius 3 is 2.68 bits per heavy atom. The maximum absolute atomic E-state index is 10.4. The van der Waals surface area contributed by atoms with E-state index in [-0.39, 0.29) is 11.4 Å². The first-order valence-electron chi connectivity index (χ1n) is 5.31. The van der Waals surface area contributed by atoms with Crippen LogP contribution in [0.25, 0.3) is 16.6 Å². The van der Waals surface area contributed by atoms with Crippen molar-refractivity contribution in [2.75, 3.05) is 0 Å². The number of imidazole rings is 1. The van der Waals surface area contributed by atoms with Crippen LogP contribution in [0.3, 0.4) is 0 Å². The van der Waals surface area contributed by atoms with Crippen LogP contribution in [-0.2, 0) is 4.79 Å². The van der Waals surface area contributed by atoms with E-state index in [1.807, 2.05) is 6.07 Å². The third-order valence-electron chi connectivity index (χ3n) is 2.38. The van der Waals surface area contributed by atoms with Crippen molar-refractivity contribution in [1.29, 1.82) is 5.26 Å². The predicted molar refractivity (Wildman–Crippen MR) is 68.0 cm³/mol. The first-order chi connectivity index (χ1) is 9.11. The van der Waals surface area contributed by atoms with E-state index in [0.717, 1.165) is 17.7 Å². The maximum atomic E-state index is 10.4. The van der Waals surface area contributed by atoms with Gasteiger partial charge in [-0.15, -0.1) is 0 Å². The highest BCUT2D eigenvalue weighted by atomic mass is 16.4. The number of hydrogen-bond donors (Lipinski definition) is 3. The van der Waals surface area contributed by atoms with Crippen molar-refractivity contribution in [3.8, 4) is 6.07 Å². The van der Waals surface area contributed by atoms with E-state index in [2.05, 4.69) is 9.97 Å². The first kappa shape index (κ1) is 12.4. The lowest BCUT2D eigenvalue weighted by molar-refractivity contribution is -0.131. The molecule has 1 heterocycles. The molecular weight excluding hydrogens is 246 g/mol. The van der Waals surface area contributed by atoms with Crippen molar-refractivity contribution in [3.63, 3.8) is 0 Å². The molecule has 0 atom stereocenters. The molecule has 1 aromatic carbocycles. The average molecular weight is 255 g/mol. The topological polar surface area (TPSA) is 110 Å². The van der Waals surface area contributed by atoms with Gasteiger partial charge in [-0.3, -0.25) is 0 Å². The van der Waals surface area contributed by atoms with Crippen molar-refractivity contribution in [3.05, 3.63) is 48.0 Å². The fourth-order valence-corrected chi connectivity index (χ4v) is 1.54. The number of aromatic nitrogens is 2. The van der Waals surface area contributed by atoms with Crippen LogP contribution in [-0.4, -0.2) is 26.2 Å². The van der Waals surface area contributed by atoms with Gasteiger partial charge in [0.1, 0.15) is 17.4 Å². The molecule has 0 spiro atoms. The molecule has 3 N–H and O–H groups in total. The van der Waals surface area contributed by atoms with Gasteiger partial charge in [-0.2, -0.15) is 5.26 Å². The lowest BCUT2D eigenvalue weighted by Gasteiger charge is -1.95. The van der Waals surface area contributed by atoms with Crippen molar-refractivity contribution < 1.29 is 15.0 Å². The summed E-state index contributed by atoms with van der Waals surface area (Å²) in [7, 11) is 0. The molecule has 0 aliphatic heterocycles. The van der Waals surface area contributed by atoms with Gasteiger partial charge in [0.15, 0.2) is 5.82 Å². The molecule has 94 valence electrons. The smallest absolute Gasteiger partial charge is 0.328 e. The Labute approximate surface area is 107 Å². The Hall–Kier alpha value is -3.07.